The first-order chi connectivity index (χ1) is 10.2. The Kier molecular flexibility index (Phi) is 5.51. The summed E-state index contributed by atoms with van der Waals surface area (Å²) in [5.74, 6) is 0. The van der Waals surface area contributed by atoms with Gasteiger partial charge < -0.3 is 14.9 Å². The van der Waals surface area contributed by atoms with Gasteiger partial charge in [0.25, 0.3) is 0 Å². The van der Waals surface area contributed by atoms with Gasteiger partial charge in [0.15, 0.2) is 6.29 Å². The van der Waals surface area contributed by atoms with Crippen LogP contribution in [0.5, 0.6) is 0 Å². The molecule has 0 aliphatic rings. The van der Waals surface area contributed by atoms with Gasteiger partial charge in [-0.2, -0.15) is 0 Å². The molecule has 0 aliphatic carbocycles. The fraction of sp³-hybridized carbons (Fsp3) is 0.333. The van der Waals surface area contributed by atoms with Crippen molar-refractivity contribution in [2.24, 2.45) is 0 Å². The van der Waals surface area contributed by atoms with Crippen LogP contribution < -0.4 is 0 Å². The van der Waals surface area contributed by atoms with Crippen LogP contribution in [0, 0.1) is 0 Å². The Morgan fingerprint density at radius 2 is 1.29 bits per heavy atom. The van der Waals surface area contributed by atoms with Crippen LogP contribution in [0.2, 0.25) is 0 Å². The first kappa shape index (κ1) is 15.7. The topological polar surface area (TPSA) is 49.7 Å². The number of ether oxygens (including phenoxy) is 1. The Labute approximate surface area is 125 Å². The van der Waals surface area contributed by atoms with Gasteiger partial charge in [-0.3, -0.25) is 0 Å². The lowest BCUT2D eigenvalue weighted by atomic mass is 9.87. The second-order valence-corrected chi connectivity index (χ2v) is 5.20. The molecule has 3 heteroatoms. The van der Waals surface area contributed by atoms with E-state index in [2.05, 4.69) is 0 Å². The van der Waals surface area contributed by atoms with Crippen LogP contribution in [0.15, 0.2) is 60.7 Å². The summed E-state index contributed by atoms with van der Waals surface area (Å²) in [7, 11) is 0. The average Bonchev–Trinajstić information content (AvgIpc) is 2.49. The molecule has 0 spiro atoms. The molecule has 0 radical (unpaired) electrons. The third-order valence-corrected chi connectivity index (χ3v) is 3.59. The zero-order valence-corrected chi connectivity index (χ0v) is 12.3. The number of aliphatic hydroxyl groups is 2. The molecule has 0 heterocycles. The van der Waals surface area contributed by atoms with Crippen molar-refractivity contribution < 1.29 is 14.9 Å². The Balaban J connectivity index is 2.28. The summed E-state index contributed by atoms with van der Waals surface area (Å²) in [4.78, 5) is 0. The molecule has 0 unspecified atom stereocenters. The van der Waals surface area contributed by atoms with E-state index in [0.29, 0.717) is 19.4 Å². The summed E-state index contributed by atoms with van der Waals surface area (Å²) in [6.45, 7) is 2.30. The molecule has 2 aromatic carbocycles. The summed E-state index contributed by atoms with van der Waals surface area (Å²) < 4.78 is 5.80. The number of rotatable bonds is 7. The summed E-state index contributed by atoms with van der Waals surface area (Å²) in [6.07, 6.45) is -0.638. The van der Waals surface area contributed by atoms with Gasteiger partial charge in [-0.25, -0.2) is 0 Å². The van der Waals surface area contributed by atoms with Crippen molar-refractivity contribution in [3.05, 3.63) is 71.8 Å². The van der Waals surface area contributed by atoms with E-state index in [-0.39, 0.29) is 0 Å². The minimum Gasteiger partial charge on any atom is -0.369 e. The lowest BCUT2D eigenvalue weighted by molar-refractivity contribution is -0.207. The van der Waals surface area contributed by atoms with E-state index < -0.39 is 11.9 Å². The Morgan fingerprint density at radius 1 is 0.857 bits per heavy atom. The van der Waals surface area contributed by atoms with E-state index in [1.165, 1.54) is 0 Å². The molecule has 21 heavy (non-hydrogen) atoms. The van der Waals surface area contributed by atoms with Gasteiger partial charge in [0.2, 0.25) is 0 Å². The molecule has 3 nitrogen and oxygen atoms in total. The largest absolute Gasteiger partial charge is 0.369 e. The van der Waals surface area contributed by atoms with E-state index in [9.17, 15) is 10.2 Å². The van der Waals surface area contributed by atoms with Gasteiger partial charge in [0.05, 0.1) is 0 Å². The van der Waals surface area contributed by atoms with Crippen LogP contribution in [-0.4, -0.2) is 28.7 Å². The van der Waals surface area contributed by atoms with Gasteiger partial charge >= 0.3 is 0 Å². The maximum absolute atomic E-state index is 9.95. The number of hydrogen-bond acceptors (Lipinski definition) is 3. The van der Waals surface area contributed by atoms with Gasteiger partial charge in [-0.1, -0.05) is 60.7 Å². The van der Waals surface area contributed by atoms with Crippen LogP contribution in [0.3, 0.4) is 0 Å². The highest BCUT2D eigenvalue weighted by atomic mass is 16.6. The molecular weight excluding hydrogens is 264 g/mol. The van der Waals surface area contributed by atoms with Crippen molar-refractivity contribution in [1.82, 2.24) is 0 Å². The minimum atomic E-state index is -1.54. The first-order valence-corrected chi connectivity index (χ1v) is 7.24. The van der Waals surface area contributed by atoms with Crippen LogP contribution in [0.25, 0.3) is 0 Å². The van der Waals surface area contributed by atoms with Gasteiger partial charge in [0.1, 0.15) is 5.60 Å². The average molecular weight is 286 g/mol. The number of hydrogen-bond donors (Lipinski definition) is 2. The second kappa shape index (κ2) is 7.36. The molecule has 0 aliphatic heterocycles. The Hall–Kier alpha value is -1.68. The highest BCUT2D eigenvalue weighted by Crippen LogP contribution is 2.26. The number of aliphatic hydroxyl groups excluding tert-OH is 1. The molecule has 0 amide bonds. The van der Waals surface area contributed by atoms with Crippen LogP contribution in [-0.2, 0) is 17.6 Å². The quantitative estimate of drug-likeness (QED) is 0.769. The third kappa shape index (κ3) is 4.14. The molecule has 0 saturated carbocycles. The first-order valence-electron chi connectivity index (χ1n) is 7.24. The molecule has 0 fully saturated rings. The lowest BCUT2D eigenvalue weighted by Crippen LogP contribution is -2.49. The van der Waals surface area contributed by atoms with E-state index in [1.807, 2.05) is 67.6 Å². The fourth-order valence-corrected chi connectivity index (χ4v) is 2.59. The standard InChI is InChI=1S/C18H22O3/c1-2-21-18(17(19)20,13-15-9-5-3-6-10-15)14-16-11-7-4-8-12-16/h3-12,17,19-20H,2,13-14H2,1H3. The van der Waals surface area contributed by atoms with Crippen LogP contribution in [0.4, 0.5) is 0 Å². The molecule has 112 valence electrons. The zero-order valence-electron chi connectivity index (χ0n) is 12.3. The minimum absolute atomic E-state index is 0.428. The van der Waals surface area contributed by atoms with E-state index in [0.717, 1.165) is 11.1 Å². The van der Waals surface area contributed by atoms with Gasteiger partial charge in [-0.05, 0) is 18.1 Å². The maximum Gasteiger partial charge on any atom is 0.182 e. The zero-order chi connectivity index (χ0) is 15.1. The normalized spacial score (nSPS) is 11.8. The number of benzene rings is 2. The monoisotopic (exact) mass is 286 g/mol. The second-order valence-electron chi connectivity index (χ2n) is 5.20. The molecular formula is C18H22O3. The van der Waals surface area contributed by atoms with E-state index >= 15 is 0 Å². The summed E-state index contributed by atoms with van der Waals surface area (Å²) in [5.41, 5.74) is 1.02. The summed E-state index contributed by atoms with van der Waals surface area (Å²) >= 11 is 0. The molecule has 0 saturated heterocycles. The summed E-state index contributed by atoms with van der Waals surface area (Å²) in [6, 6.07) is 19.6. The van der Waals surface area contributed by atoms with Gasteiger partial charge in [-0.15, -0.1) is 0 Å². The molecule has 2 aromatic rings. The van der Waals surface area contributed by atoms with Crippen molar-refractivity contribution in [2.45, 2.75) is 31.7 Å². The van der Waals surface area contributed by atoms with Crippen molar-refractivity contribution in [2.75, 3.05) is 6.61 Å². The van der Waals surface area contributed by atoms with Crippen molar-refractivity contribution >= 4 is 0 Å². The highest BCUT2D eigenvalue weighted by Gasteiger charge is 2.38. The Bertz CT molecular complexity index is 481. The predicted octanol–water partition coefficient (Wildman–Crippen LogP) is 2.56. The molecule has 2 rings (SSSR count). The van der Waals surface area contributed by atoms with E-state index in [4.69, 9.17) is 4.74 Å². The van der Waals surface area contributed by atoms with Gasteiger partial charge in [0, 0.05) is 19.4 Å². The summed E-state index contributed by atoms with van der Waals surface area (Å²) in [5, 5.41) is 19.9. The fourth-order valence-electron chi connectivity index (χ4n) is 2.59. The molecule has 0 aromatic heterocycles. The smallest absolute Gasteiger partial charge is 0.182 e. The van der Waals surface area contributed by atoms with E-state index in [1.54, 1.807) is 0 Å². The van der Waals surface area contributed by atoms with Crippen molar-refractivity contribution in [3.8, 4) is 0 Å². The predicted molar refractivity (Wildman–Crippen MR) is 82.9 cm³/mol. The van der Waals surface area contributed by atoms with Crippen LogP contribution >= 0.6 is 0 Å². The third-order valence-electron chi connectivity index (χ3n) is 3.59. The highest BCUT2D eigenvalue weighted by molar-refractivity contribution is 5.22. The van der Waals surface area contributed by atoms with Crippen molar-refractivity contribution in [1.29, 1.82) is 0 Å². The lowest BCUT2D eigenvalue weighted by Gasteiger charge is -2.35. The maximum atomic E-state index is 9.95. The molecule has 0 atom stereocenters. The SMILES string of the molecule is CCOC(Cc1ccccc1)(Cc1ccccc1)C(O)O. The molecule has 2 N–H and O–H groups in total. The Morgan fingerprint density at radius 3 is 1.62 bits per heavy atom. The van der Waals surface area contributed by atoms with Crippen molar-refractivity contribution in [3.63, 3.8) is 0 Å². The van der Waals surface area contributed by atoms with Crippen LogP contribution in [0.1, 0.15) is 18.1 Å². The molecule has 0 bridgehead atoms.